The molecule has 0 saturated carbocycles. The van der Waals surface area contributed by atoms with Gasteiger partial charge in [0.15, 0.2) is 0 Å². The van der Waals surface area contributed by atoms with Crippen molar-refractivity contribution in [2.24, 2.45) is 0 Å². The number of nitrogens with zero attached hydrogens (tertiary/aromatic N) is 2. The molecule has 2 rings (SSSR count). The minimum Gasteiger partial charge on any atom is -0.480 e. The summed E-state index contributed by atoms with van der Waals surface area (Å²) in [6.07, 6.45) is 0. The van der Waals surface area contributed by atoms with Crippen molar-refractivity contribution in [3.05, 3.63) is 29.1 Å². The van der Waals surface area contributed by atoms with Gasteiger partial charge in [0.25, 0.3) is 5.91 Å². The van der Waals surface area contributed by atoms with Crippen LogP contribution in [0.3, 0.4) is 0 Å². The molecular formula is C11H10N2O3S. The summed E-state index contributed by atoms with van der Waals surface area (Å²) >= 11 is 1.09. The van der Waals surface area contributed by atoms with Crippen LogP contribution >= 0.6 is 11.5 Å². The van der Waals surface area contributed by atoms with Crippen molar-refractivity contribution in [2.45, 2.75) is 0 Å². The minimum absolute atomic E-state index is 0.314. The van der Waals surface area contributed by atoms with E-state index in [1.54, 1.807) is 6.07 Å². The lowest BCUT2D eigenvalue weighted by Gasteiger charge is -2.12. The lowest BCUT2D eigenvalue weighted by molar-refractivity contribution is -0.137. The van der Waals surface area contributed by atoms with Gasteiger partial charge in [0.1, 0.15) is 11.4 Å². The smallest absolute Gasteiger partial charge is 0.323 e. The number of amides is 1. The summed E-state index contributed by atoms with van der Waals surface area (Å²) in [6, 6.07) is 7.29. The van der Waals surface area contributed by atoms with Crippen molar-refractivity contribution in [1.29, 1.82) is 0 Å². The predicted octanol–water partition coefficient (Wildman–Crippen LogP) is 1.45. The van der Waals surface area contributed by atoms with Gasteiger partial charge in [-0.3, -0.25) is 9.59 Å². The van der Waals surface area contributed by atoms with E-state index in [0.717, 1.165) is 22.4 Å². The van der Waals surface area contributed by atoms with E-state index in [1.807, 2.05) is 18.2 Å². The zero-order valence-corrected chi connectivity index (χ0v) is 9.90. The van der Waals surface area contributed by atoms with E-state index in [0.29, 0.717) is 4.88 Å². The maximum absolute atomic E-state index is 12.0. The highest BCUT2D eigenvalue weighted by atomic mass is 32.1. The van der Waals surface area contributed by atoms with Crippen LogP contribution in [-0.4, -0.2) is 39.8 Å². The summed E-state index contributed by atoms with van der Waals surface area (Å²) < 4.78 is 4.15. The van der Waals surface area contributed by atoms with Crippen LogP contribution in [0.15, 0.2) is 24.3 Å². The monoisotopic (exact) mass is 250 g/mol. The van der Waals surface area contributed by atoms with Crippen molar-refractivity contribution >= 4 is 34.3 Å². The summed E-state index contributed by atoms with van der Waals surface area (Å²) in [4.78, 5) is 24.2. The number of hydrogen-bond acceptors (Lipinski definition) is 4. The first kappa shape index (κ1) is 11.5. The third-order valence-electron chi connectivity index (χ3n) is 2.30. The molecule has 0 fully saturated rings. The number of benzene rings is 1. The van der Waals surface area contributed by atoms with Gasteiger partial charge in [-0.05, 0) is 17.6 Å². The molecule has 0 bridgehead atoms. The third-order valence-corrected chi connectivity index (χ3v) is 3.16. The molecule has 0 spiro atoms. The Morgan fingerprint density at radius 1 is 1.41 bits per heavy atom. The van der Waals surface area contributed by atoms with E-state index in [9.17, 15) is 9.59 Å². The van der Waals surface area contributed by atoms with Crippen LogP contribution < -0.4 is 0 Å². The Balaban J connectivity index is 2.33. The number of likely N-dealkylation sites (N-methyl/N-ethyl adjacent to an activating group) is 1. The Bertz CT molecular complexity index is 579. The maximum atomic E-state index is 12.0. The average molecular weight is 250 g/mol. The number of carbonyl (C=O) groups excluding carboxylic acids is 1. The molecule has 17 heavy (non-hydrogen) atoms. The van der Waals surface area contributed by atoms with Crippen LogP contribution in [-0.2, 0) is 4.79 Å². The zero-order valence-electron chi connectivity index (χ0n) is 9.08. The second kappa shape index (κ2) is 4.50. The number of carboxylic acid groups (broad SMARTS) is 1. The lowest BCUT2D eigenvalue weighted by atomic mass is 10.2. The van der Waals surface area contributed by atoms with Gasteiger partial charge in [-0.25, -0.2) is 0 Å². The second-order valence-electron chi connectivity index (χ2n) is 3.58. The molecule has 88 valence electrons. The molecule has 1 aromatic heterocycles. The topological polar surface area (TPSA) is 70.5 Å². The molecule has 0 aliphatic heterocycles. The molecule has 0 radical (unpaired) electrons. The molecule has 1 aromatic carbocycles. The Morgan fingerprint density at radius 2 is 2.12 bits per heavy atom. The van der Waals surface area contributed by atoms with E-state index in [4.69, 9.17) is 5.11 Å². The number of aromatic nitrogens is 1. The molecule has 0 aliphatic rings. The first-order valence-electron chi connectivity index (χ1n) is 4.91. The molecule has 1 heterocycles. The average Bonchev–Trinajstić information content (AvgIpc) is 2.70. The summed E-state index contributed by atoms with van der Waals surface area (Å²) in [5, 5.41) is 9.40. The number of aliphatic carboxylic acids is 1. The van der Waals surface area contributed by atoms with E-state index in [2.05, 4.69) is 4.37 Å². The van der Waals surface area contributed by atoms with Crippen LogP contribution in [0.4, 0.5) is 0 Å². The maximum Gasteiger partial charge on any atom is 0.323 e. The Labute approximate surface area is 101 Å². The first-order chi connectivity index (χ1) is 8.09. The summed E-state index contributed by atoms with van der Waals surface area (Å²) in [5.41, 5.74) is 0.754. The van der Waals surface area contributed by atoms with E-state index >= 15 is 0 Å². The van der Waals surface area contributed by atoms with Gasteiger partial charge in [0.05, 0.1) is 5.52 Å². The van der Waals surface area contributed by atoms with Gasteiger partial charge in [-0.1, -0.05) is 18.2 Å². The van der Waals surface area contributed by atoms with Crippen molar-refractivity contribution in [3.8, 4) is 0 Å². The van der Waals surface area contributed by atoms with E-state index in [-0.39, 0.29) is 12.5 Å². The first-order valence-corrected chi connectivity index (χ1v) is 5.68. The van der Waals surface area contributed by atoms with Crippen LogP contribution in [0.5, 0.6) is 0 Å². The standard InChI is InChI=1S/C11H10N2O3S/c1-13(6-9(14)15)11(16)10-7-4-2-3-5-8(7)12-17-10/h2-5H,6H2,1H3,(H,14,15). The molecule has 0 aliphatic carbocycles. The molecule has 1 N–H and O–H groups in total. The summed E-state index contributed by atoms with van der Waals surface area (Å²) in [7, 11) is 1.46. The fourth-order valence-electron chi connectivity index (χ4n) is 1.49. The van der Waals surface area contributed by atoms with Crippen molar-refractivity contribution in [3.63, 3.8) is 0 Å². The number of carbonyl (C=O) groups is 2. The number of hydrogen-bond donors (Lipinski definition) is 1. The van der Waals surface area contributed by atoms with Gasteiger partial charge in [-0.15, -0.1) is 0 Å². The molecule has 6 heteroatoms. The highest BCUT2D eigenvalue weighted by Crippen LogP contribution is 2.22. The molecule has 5 nitrogen and oxygen atoms in total. The highest BCUT2D eigenvalue weighted by molar-refractivity contribution is 7.09. The van der Waals surface area contributed by atoms with Gasteiger partial charge in [0, 0.05) is 12.4 Å². The van der Waals surface area contributed by atoms with Gasteiger partial charge in [0.2, 0.25) is 0 Å². The van der Waals surface area contributed by atoms with Crippen molar-refractivity contribution in [1.82, 2.24) is 9.27 Å². The van der Waals surface area contributed by atoms with Gasteiger partial charge < -0.3 is 10.0 Å². The molecule has 0 unspecified atom stereocenters. The molecular weight excluding hydrogens is 240 g/mol. The lowest BCUT2D eigenvalue weighted by Crippen LogP contribution is -2.31. The zero-order chi connectivity index (χ0) is 12.4. The number of carboxylic acids is 1. The largest absolute Gasteiger partial charge is 0.480 e. The van der Waals surface area contributed by atoms with Crippen LogP contribution in [0.1, 0.15) is 9.67 Å². The second-order valence-corrected chi connectivity index (χ2v) is 4.36. The minimum atomic E-state index is -1.03. The van der Waals surface area contributed by atoms with Crippen LogP contribution in [0.25, 0.3) is 10.9 Å². The molecule has 0 saturated heterocycles. The van der Waals surface area contributed by atoms with E-state index in [1.165, 1.54) is 11.9 Å². The number of rotatable bonds is 3. The van der Waals surface area contributed by atoms with Gasteiger partial charge >= 0.3 is 5.97 Å². The van der Waals surface area contributed by atoms with Crippen molar-refractivity contribution in [2.75, 3.05) is 13.6 Å². The van der Waals surface area contributed by atoms with Crippen LogP contribution in [0, 0.1) is 0 Å². The quantitative estimate of drug-likeness (QED) is 0.895. The summed E-state index contributed by atoms with van der Waals surface area (Å²) in [5.74, 6) is -1.35. The van der Waals surface area contributed by atoms with Gasteiger partial charge in [-0.2, -0.15) is 4.37 Å². The normalized spacial score (nSPS) is 10.4. The third kappa shape index (κ3) is 2.26. The van der Waals surface area contributed by atoms with Crippen LogP contribution in [0.2, 0.25) is 0 Å². The number of fused-ring (bicyclic) bond motifs is 1. The Kier molecular flexibility index (Phi) is 3.06. The summed E-state index contributed by atoms with van der Waals surface area (Å²) in [6.45, 7) is -0.314. The SMILES string of the molecule is CN(CC(=O)O)C(=O)c1snc2ccccc12. The highest BCUT2D eigenvalue weighted by Gasteiger charge is 2.19. The van der Waals surface area contributed by atoms with Crippen molar-refractivity contribution < 1.29 is 14.7 Å². The molecule has 2 aromatic rings. The Hall–Kier alpha value is -1.95. The fourth-order valence-corrected chi connectivity index (χ4v) is 2.35. The predicted molar refractivity (Wildman–Crippen MR) is 64.2 cm³/mol. The molecule has 0 atom stereocenters. The molecule has 1 amide bonds. The van der Waals surface area contributed by atoms with E-state index < -0.39 is 5.97 Å². The Morgan fingerprint density at radius 3 is 2.82 bits per heavy atom. The fraction of sp³-hybridized carbons (Fsp3) is 0.182.